The summed E-state index contributed by atoms with van der Waals surface area (Å²) in [6, 6.07) is 16.8. The first-order valence-electron chi connectivity index (χ1n) is 12.6. The Bertz CT molecular complexity index is 1090. The van der Waals surface area contributed by atoms with Gasteiger partial charge in [0.1, 0.15) is 0 Å². The Morgan fingerprint density at radius 1 is 1.11 bits per heavy atom. The monoisotopic (exact) mass is 580 g/mol. The second kappa shape index (κ2) is 11.6. The molecule has 1 saturated heterocycles. The number of alkyl halides is 3. The van der Waals surface area contributed by atoms with Crippen molar-refractivity contribution in [3.63, 3.8) is 0 Å². The van der Waals surface area contributed by atoms with Crippen molar-refractivity contribution in [3.05, 3.63) is 70.2 Å². The van der Waals surface area contributed by atoms with Crippen LogP contribution >= 0.6 is 15.9 Å². The number of hydrogen-bond donors (Lipinski definition) is 0. The first-order valence-corrected chi connectivity index (χ1v) is 13.4. The molecule has 2 atom stereocenters. The maximum atomic E-state index is 13.8. The molecular weight excluding hydrogens is 549 g/mol. The summed E-state index contributed by atoms with van der Waals surface area (Å²) in [6.07, 6.45) is -2.29. The van der Waals surface area contributed by atoms with Crippen molar-refractivity contribution in [2.24, 2.45) is 5.41 Å². The SMILES string of the molecule is COC(=O)CCN1CCC(Cc2cccc(Br)c2)(CN(C(=O)C(F)(F)F)[C@@H]2C[C@H]2c2ccccc2)CC1. The van der Waals surface area contributed by atoms with Gasteiger partial charge in [-0.15, -0.1) is 0 Å². The van der Waals surface area contributed by atoms with Gasteiger partial charge in [-0.25, -0.2) is 0 Å². The number of amides is 1. The number of carbonyl (C=O) groups is 2. The second-order valence-corrected chi connectivity index (χ2v) is 11.1. The van der Waals surface area contributed by atoms with Crippen LogP contribution in [0.2, 0.25) is 0 Å². The summed E-state index contributed by atoms with van der Waals surface area (Å²) < 4.78 is 47.0. The molecule has 1 amide bonds. The van der Waals surface area contributed by atoms with Gasteiger partial charge in [0.15, 0.2) is 0 Å². The van der Waals surface area contributed by atoms with Gasteiger partial charge >= 0.3 is 18.1 Å². The number of halogens is 4. The van der Waals surface area contributed by atoms with Crippen LogP contribution in [0.1, 0.15) is 42.7 Å². The van der Waals surface area contributed by atoms with E-state index in [4.69, 9.17) is 4.74 Å². The first kappa shape index (κ1) is 27.6. The average molecular weight is 581 g/mol. The molecule has 1 saturated carbocycles. The molecule has 2 aromatic rings. The molecular formula is C28H32BrF3N2O3. The van der Waals surface area contributed by atoms with Crippen molar-refractivity contribution in [2.75, 3.05) is 33.3 Å². The van der Waals surface area contributed by atoms with Crippen LogP contribution < -0.4 is 0 Å². The molecule has 37 heavy (non-hydrogen) atoms. The fourth-order valence-corrected chi connectivity index (χ4v) is 5.97. The van der Waals surface area contributed by atoms with Crippen LogP contribution in [-0.2, 0) is 20.7 Å². The highest BCUT2D eigenvalue weighted by atomic mass is 79.9. The van der Waals surface area contributed by atoms with Crippen molar-refractivity contribution in [3.8, 4) is 0 Å². The van der Waals surface area contributed by atoms with Crippen LogP contribution in [0.15, 0.2) is 59.1 Å². The van der Waals surface area contributed by atoms with Crippen molar-refractivity contribution in [1.29, 1.82) is 0 Å². The van der Waals surface area contributed by atoms with E-state index < -0.39 is 23.5 Å². The summed E-state index contributed by atoms with van der Waals surface area (Å²) in [6.45, 7) is 1.89. The van der Waals surface area contributed by atoms with Crippen molar-refractivity contribution >= 4 is 27.8 Å². The third-order valence-corrected chi connectivity index (χ3v) is 8.13. The molecule has 9 heteroatoms. The minimum Gasteiger partial charge on any atom is -0.469 e. The number of rotatable bonds is 9. The van der Waals surface area contributed by atoms with Gasteiger partial charge < -0.3 is 14.5 Å². The lowest BCUT2D eigenvalue weighted by Gasteiger charge is -2.45. The fourth-order valence-electron chi connectivity index (χ4n) is 5.52. The number of likely N-dealkylation sites (tertiary alicyclic amines) is 1. The van der Waals surface area contributed by atoms with Gasteiger partial charge in [-0.1, -0.05) is 58.4 Å². The summed E-state index contributed by atoms with van der Waals surface area (Å²) in [5.41, 5.74) is 1.48. The van der Waals surface area contributed by atoms with Crippen molar-refractivity contribution < 1.29 is 27.5 Å². The topological polar surface area (TPSA) is 49.9 Å². The third-order valence-electron chi connectivity index (χ3n) is 7.64. The van der Waals surface area contributed by atoms with Crippen molar-refractivity contribution in [2.45, 2.75) is 50.2 Å². The molecule has 4 rings (SSSR count). The molecule has 0 bridgehead atoms. The summed E-state index contributed by atoms with van der Waals surface area (Å²) in [5.74, 6) is -2.12. The van der Waals surface area contributed by atoms with E-state index in [0.717, 1.165) is 20.5 Å². The predicted molar refractivity (Wildman–Crippen MR) is 138 cm³/mol. The molecule has 200 valence electrons. The Balaban J connectivity index is 1.57. The zero-order chi connectivity index (χ0) is 26.6. The highest BCUT2D eigenvalue weighted by molar-refractivity contribution is 9.10. The highest BCUT2D eigenvalue weighted by Crippen LogP contribution is 2.48. The van der Waals surface area contributed by atoms with Gasteiger partial charge in [0.2, 0.25) is 0 Å². The molecule has 0 unspecified atom stereocenters. The van der Waals surface area contributed by atoms with Gasteiger partial charge in [0.05, 0.1) is 13.5 Å². The predicted octanol–water partition coefficient (Wildman–Crippen LogP) is 5.58. The lowest BCUT2D eigenvalue weighted by Crippen LogP contribution is -2.52. The van der Waals surface area contributed by atoms with E-state index in [0.29, 0.717) is 45.3 Å². The molecule has 2 aliphatic rings. The Morgan fingerprint density at radius 3 is 2.43 bits per heavy atom. The Morgan fingerprint density at radius 2 is 1.81 bits per heavy atom. The number of benzene rings is 2. The maximum Gasteiger partial charge on any atom is 0.471 e. The maximum absolute atomic E-state index is 13.8. The van der Waals surface area contributed by atoms with E-state index in [1.807, 2.05) is 54.6 Å². The molecule has 1 aliphatic heterocycles. The smallest absolute Gasteiger partial charge is 0.469 e. The molecule has 1 aliphatic carbocycles. The third kappa shape index (κ3) is 7.13. The van der Waals surface area contributed by atoms with E-state index in [1.54, 1.807) is 0 Å². The summed E-state index contributed by atoms with van der Waals surface area (Å²) >= 11 is 3.50. The minimum atomic E-state index is -4.93. The summed E-state index contributed by atoms with van der Waals surface area (Å²) in [4.78, 5) is 27.6. The van der Waals surface area contributed by atoms with E-state index >= 15 is 0 Å². The molecule has 0 spiro atoms. The Labute approximate surface area is 224 Å². The number of ether oxygens (including phenoxy) is 1. The highest BCUT2D eigenvalue weighted by Gasteiger charge is 2.54. The van der Waals surface area contributed by atoms with Crippen LogP contribution in [-0.4, -0.2) is 67.2 Å². The van der Waals surface area contributed by atoms with Gasteiger partial charge in [0.25, 0.3) is 0 Å². The molecule has 5 nitrogen and oxygen atoms in total. The normalized spacial score (nSPS) is 21.3. The number of hydrogen-bond acceptors (Lipinski definition) is 4. The number of nitrogens with zero attached hydrogens (tertiary/aromatic N) is 2. The van der Waals surface area contributed by atoms with Crippen LogP contribution in [0.5, 0.6) is 0 Å². The van der Waals surface area contributed by atoms with Crippen LogP contribution in [0, 0.1) is 5.41 Å². The van der Waals surface area contributed by atoms with Gasteiger partial charge in [0, 0.05) is 29.5 Å². The zero-order valence-electron chi connectivity index (χ0n) is 20.8. The summed E-state index contributed by atoms with van der Waals surface area (Å²) in [5, 5.41) is 0. The largest absolute Gasteiger partial charge is 0.471 e. The lowest BCUT2D eigenvalue weighted by atomic mass is 9.73. The number of carbonyl (C=O) groups excluding carboxylic acids is 2. The lowest BCUT2D eigenvalue weighted by molar-refractivity contribution is -0.188. The molecule has 1 heterocycles. The van der Waals surface area contributed by atoms with Crippen LogP contribution in [0.4, 0.5) is 13.2 Å². The van der Waals surface area contributed by atoms with E-state index in [9.17, 15) is 22.8 Å². The van der Waals surface area contributed by atoms with Crippen LogP contribution in [0.3, 0.4) is 0 Å². The average Bonchev–Trinajstić information content (AvgIpc) is 3.67. The van der Waals surface area contributed by atoms with E-state index in [-0.39, 0.29) is 24.9 Å². The molecule has 2 aromatic carbocycles. The Hall–Kier alpha value is -2.39. The first-order chi connectivity index (χ1) is 17.6. The molecule has 2 fully saturated rings. The fraction of sp³-hybridized carbons (Fsp3) is 0.500. The standard InChI is InChI=1S/C28H32BrF3N2O3/c1-37-25(35)10-13-33-14-11-27(12-15-33,18-20-6-5-9-22(29)16-20)19-34(26(36)28(30,31)32)24-17-23(24)21-7-3-2-4-8-21/h2-9,16,23-24H,10-15,17-19H2,1H3/t23-,24+/m0/s1. The number of methoxy groups -OCH3 is 1. The van der Waals surface area contributed by atoms with E-state index in [1.165, 1.54) is 7.11 Å². The minimum absolute atomic E-state index is 0.0523. The molecule has 0 aromatic heterocycles. The summed E-state index contributed by atoms with van der Waals surface area (Å²) in [7, 11) is 1.36. The van der Waals surface area contributed by atoms with E-state index in [2.05, 4.69) is 20.8 Å². The van der Waals surface area contributed by atoms with Crippen LogP contribution in [0.25, 0.3) is 0 Å². The molecule has 0 radical (unpaired) electrons. The second-order valence-electron chi connectivity index (χ2n) is 10.2. The molecule has 0 N–H and O–H groups in total. The van der Waals surface area contributed by atoms with Gasteiger partial charge in [-0.2, -0.15) is 13.2 Å². The zero-order valence-corrected chi connectivity index (χ0v) is 22.4. The quantitative estimate of drug-likeness (QED) is 0.363. The van der Waals surface area contributed by atoms with Gasteiger partial charge in [-0.3, -0.25) is 9.59 Å². The van der Waals surface area contributed by atoms with Gasteiger partial charge in [-0.05, 0) is 67.4 Å². The number of esters is 1. The number of piperidine rings is 1. The van der Waals surface area contributed by atoms with Crippen molar-refractivity contribution in [1.82, 2.24) is 9.80 Å². The Kier molecular flexibility index (Phi) is 8.63.